The number of carbonyl (C=O) groups excluding carboxylic acids is 1. The second-order valence-corrected chi connectivity index (χ2v) is 8.06. The standard InChI is InChI=1S/C23H29F4N3O2/c1-14-10-17(11-15(2)21(14)24)12-18(22(31)30-32)6-4-5-9-28-16(3)20-8-7-19(13-29-20)23(25,26)27/h7-8,10-11,13,16,18,28,32H,4-6,9,12H2,1-3H3,(H,30,31)/t16-,18+/m1/s1. The van der Waals surface area contributed by atoms with Gasteiger partial charge in [0.1, 0.15) is 5.82 Å². The Balaban J connectivity index is 1.83. The van der Waals surface area contributed by atoms with Crippen LogP contribution in [-0.4, -0.2) is 22.6 Å². The lowest BCUT2D eigenvalue weighted by Crippen LogP contribution is -2.29. The molecule has 1 aromatic carbocycles. The lowest BCUT2D eigenvalue weighted by atomic mass is 9.91. The molecule has 2 rings (SSSR count). The number of hydrogen-bond donors (Lipinski definition) is 3. The number of unbranched alkanes of at least 4 members (excludes halogenated alkanes) is 1. The monoisotopic (exact) mass is 455 g/mol. The van der Waals surface area contributed by atoms with Gasteiger partial charge in [0, 0.05) is 18.2 Å². The zero-order valence-electron chi connectivity index (χ0n) is 18.4. The predicted octanol–water partition coefficient (Wildman–Crippen LogP) is 5.04. The highest BCUT2D eigenvalue weighted by Gasteiger charge is 2.30. The summed E-state index contributed by atoms with van der Waals surface area (Å²) in [4.78, 5) is 16.0. The molecule has 0 bridgehead atoms. The van der Waals surface area contributed by atoms with Gasteiger partial charge in [-0.15, -0.1) is 0 Å². The molecule has 2 aromatic rings. The summed E-state index contributed by atoms with van der Waals surface area (Å²) >= 11 is 0. The molecule has 2 atom stereocenters. The van der Waals surface area contributed by atoms with E-state index in [2.05, 4.69) is 10.3 Å². The zero-order chi connectivity index (χ0) is 23.9. The fourth-order valence-electron chi connectivity index (χ4n) is 3.62. The van der Waals surface area contributed by atoms with Gasteiger partial charge in [0.15, 0.2) is 0 Å². The van der Waals surface area contributed by atoms with Crippen molar-refractivity contribution >= 4 is 5.91 Å². The van der Waals surface area contributed by atoms with Gasteiger partial charge < -0.3 is 5.32 Å². The first kappa shape index (κ1) is 25.7. The van der Waals surface area contributed by atoms with Crippen molar-refractivity contribution < 1.29 is 27.6 Å². The normalized spacial score (nSPS) is 13.6. The number of nitrogens with zero attached hydrogens (tertiary/aromatic N) is 1. The second kappa shape index (κ2) is 11.4. The molecule has 1 amide bonds. The van der Waals surface area contributed by atoms with Crippen molar-refractivity contribution in [1.29, 1.82) is 0 Å². The molecule has 0 aliphatic carbocycles. The van der Waals surface area contributed by atoms with Crippen molar-refractivity contribution in [3.05, 3.63) is 64.2 Å². The average molecular weight is 455 g/mol. The Morgan fingerprint density at radius 2 is 1.81 bits per heavy atom. The van der Waals surface area contributed by atoms with Crippen LogP contribution in [0.4, 0.5) is 17.6 Å². The number of hydroxylamine groups is 1. The molecule has 0 aliphatic heterocycles. The van der Waals surface area contributed by atoms with Crippen molar-refractivity contribution in [2.45, 2.75) is 58.7 Å². The molecule has 9 heteroatoms. The summed E-state index contributed by atoms with van der Waals surface area (Å²) in [7, 11) is 0. The Hall–Kier alpha value is -2.52. The Bertz CT molecular complexity index is 878. The smallest absolute Gasteiger partial charge is 0.309 e. The number of amides is 1. The SMILES string of the molecule is Cc1cc(C[C@H](CCCCN[C@H](C)c2ccc(C(F)(F)F)cn2)C(=O)NO)cc(C)c1F. The van der Waals surface area contributed by atoms with Crippen LogP contribution in [0.15, 0.2) is 30.5 Å². The van der Waals surface area contributed by atoms with Gasteiger partial charge in [-0.05, 0) is 75.4 Å². The first-order valence-electron chi connectivity index (χ1n) is 10.5. The molecular formula is C23H29F4N3O2. The van der Waals surface area contributed by atoms with Crippen LogP contribution in [0, 0.1) is 25.6 Å². The predicted molar refractivity (Wildman–Crippen MR) is 113 cm³/mol. The lowest BCUT2D eigenvalue weighted by Gasteiger charge is -2.17. The first-order valence-corrected chi connectivity index (χ1v) is 10.5. The zero-order valence-corrected chi connectivity index (χ0v) is 18.4. The highest BCUT2D eigenvalue weighted by molar-refractivity contribution is 5.77. The van der Waals surface area contributed by atoms with Gasteiger partial charge in [0.2, 0.25) is 5.91 Å². The first-order chi connectivity index (χ1) is 15.0. The van der Waals surface area contributed by atoms with Crippen LogP contribution in [0.3, 0.4) is 0 Å². The van der Waals surface area contributed by atoms with Crippen LogP contribution < -0.4 is 10.8 Å². The van der Waals surface area contributed by atoms with Gasteiger partial charge in [0.05, 0.1) is 11.3 Å². The minimum Gasteiger partial charge on any atom is -0.309 e. The largest absolute Gasteiger partial charge is 0.417 e. The topological polar surface area (TPSA) is 74.2 Å². The number of nitrogens with one attached hydrogen (secondary N) is 2. The third kappa shape index (κ3) is 7.27. The number of halogens is 4. The van der Waals surface area contributed by atoms with Crippen molar-refractivity contribution in [2.24, 2.45) is 5.92 Å². The van der Waals surface area contributed by atoms with E-state index in [1.807, 2.05) is 6.92 Å². The van der Waals surface area contributed by atoms with E-state index in [9.17, 15) is 22.4 Å². The fraction of sp³-hybridized carbons (Fsp3) is 0.478. The van der Waals surface area contributed by atoms with E-state index in [4.69, 9.17) is 5.21 Å². The Morgan fingerprint density at radius 1 is 1.16 bits per heavy atom. The maximum absolute atomic E-state index is 13.8. The number of rotatable bonds is 10. The number of hydrogen-bond acceptors (Lipinski definition) is 4. The molecule has 0 fully saturated rings. The molecule has 32 heavy (non-hydrogen) atoms. The van der Waals surface area contributed by atoms with Crippen LogP contribution in [0.25, 0.3) is 0 Å². The summed E-state index contributed by atoms with van der Waals surface area (Å²) in [5.74, 6) is -1.21. The van der Waals surface area contributed by atoms with Gasteiger partial charge in [-0.2, -0.15) is 13.2 Å². The van der Waals surface area contributed by atoms with Gasteiger partial charge in [-0.25, -0.2) is 9.87 Å². The van der Waals surface area contributed by atoms with Gasteiger partial charge >= 0.3 is 6.18 Å². The summed E-state index contributed by atoms with van der Waals surface area (Å²) < 4.78 is 51.7. The highest BCUT2D eigenvalue weighted by atomic mass is 19.4. The molecule has 1 aromatic heterocycles. The van der Waals surface area contributed by atoms with E-state index in [0.717, 1.165) is 24.2 Å². The number of alkyl halides is 3. The molecule has 176 valence electrons. The molecule has 3 N–H and O–H groups in total. The number of benzene rings is 1. The second-order valence-electron chi connectivity index (χ2n) is 8.06. The summed E-state index contributed by atoms with van der Waals surface area (Å²) in [5.41, 5.74) is 3.29. The third-order valence-corrected chi connectivity index (χ3v) is 5.45. The lowest BCUT2D eigenvalue weighted by molar-refractivity contribution is -0.138. The quantitative estimate of drug-likeness (QED) is 0.203. The molecular weight excluding hydrogens is 426 g/mol. The summed E-state index contributed by atoms with van der Waals surface area (Å²) in [6.07, 6.45) is -1.27. The molecule has 0 saturated heterocycles. The van der Waals surface area contributed by atoms with E-state index in [0.29, 0.717) is 42.6 Å². The van der Waals surface area contributed by atoms with E-state index >= 15 is 0 Å². The van der Waals surface area contributed by atoms with Crippen LogP contribution in [0.5, 0.6) is 0 Å². The molecule has 5 nitrogen and oxygen atoms in total. The molecule has 1 heterocycles. The Morgan fingerprint density at radius 3 is 2.34 bits per heavy atom. The summed E-state index contributed by atoms with van der Waals surface area (Å²) in [6.45, 7) is 5.75. The number of carbonyl (C=O) groups is 1. The van der Waals surface area contributed by atoms with Gasteiger partial charge in [0.25, 0.3) is 0 Å². The summed E-state index contributed by atoms with van der Waals surface area (Å²) in [6, 6.07) is 5.56. The number of aryl methyl sites for hydroxylation is 2. The highest BCUT2D eigenvalue weighted by Crippen LogP contribution is 2.29. The van der Waals surface area contributed by atoms with Crippen LogP contribution in [-0.2, 0) is 17.4 Å². The average Bonchev–Trinajstić information content (AvgIpc) is 2.75. The number of pyridine rings is 1. The maximum Gasteiger partial charge on any atom is 0.417 e. The van der Waals surface area contributed by atoms with E-state index < -0.39 is 23.6 Å². The summed E-state index contributed by atoms with van der Waals surface area (Å²) in [5, 5.41) is 12.3. The van der Waals surface area contributed by atoms with Crippen LogP contribution in [0.2, 0.25) is 0 Å². The van der Waals surface area contributed by atoms with Gasteiger partial charge in [-0.1, -0.05) is 18.6 Å². The van der Waals surface area contributed by atoms with Crippen LogP contribution >= 0.6 is 0 Å². The van der Waals surface area contributed by atoms with Gasteiger partial charge in [-0.3, -0.25) is 15.0 Å². The third-order valence-electron chi connectivity index (χ3n) is 5.45. The Labute approximate surface area is 185 Å². The van der Waals surface area contributed by atoms with Crippen molar-refractivity contribution in [1.82, 2.24) is 15.8 Å². The van der Waals surface area contributed by atoms with E-state index in [1.165, 1.54) is 6.07 Å². The van der Waals surface area contributed by atoms with Crippen molar-refractivity contribution in [3.63, 3.8) is 0 Å². The molecule has 0 radical (unpaired) electrons. The Kier molecular flexibility index (Phi) is 9.15. The maximum atomic E-state index is 13.8. The number of aromatic nitrogens is 1. The van der Waals surface area contributed by atoms with E-state index in [1.54, 1.807) is 31.5 Å². The van der Waals surface area contributed by atoms with Crippen LogP contribution in [0.1, 0.15) is 60.2 Å². The molecule has 0 saturated carbocycles. The molecule has 0 aliphatic rings. The van der Waals surface area contributed by atoms with Crippen molar-refractivity contribution in [2.75, 3.05) is 6.54 Å². The molecule has 0 unspecified atom stereocenters. The minimum atomic E-state index is -4.41. The fourth-order valence-corrected chi connectivity index (χ4v) is 3.62. The minimum absolute atomic E-state index is 0.223. The van der Waals surface area contributed by atoms with Crippen molar-refractivity contribution in [3.8, 4) is 0 Å². The van der Waals surface area contributed by atoms with E-state index in [-0.39, 0.29) is 11.9 Å². The molecule has 0 spiro atoms.